The van der Waals surface area contributed by atoms with Crippen LogP contribution in [0.3, 0.4) is 0 Å². The summed E-state index contributed by atoms with van der Waals surface area (Å²) in [6, 6.07) is 1.41. The molecule has 0 bridgehead atoms. The normalized spacial score (nSPS) is 12.5. The van der Waals surface area contributed by atoms with Crippen molar-refractivity contribution in [3.63, 3.8) is 0 Å². The van der Waals surface area contributed by atoms with Crippen LogP contribution < -0.4 is 0 Å². The minimum atomic E-state index is -0.353. The van der Waals surface area contributed by atoms with Crippen molar-refractivity contribution in [2.75, 3.05) is 0 Å². The number of ketones is 1. The third kappa shape index (κ3) is 2.93. The van der Waals surface area contributed by atoms with E-state index in [9.17, 15) is 9.18 Å². The van der Waals surface area contributed by atoms with Gasteiger partial charge in [0.25, 0.3) is 0 Å². The van der Waals surface area contributed by atoms with Crippen molar-refractivity contribution in [3.05, 3.63) is 29.8 Å². The molecule has 0 amide bonds. The van der Waals surface area contributed by atoms with E-state index >= 15 is 0 Å². The molecule has 0 N–H and O–H groups in total. The highest BCUT2D eigenvalue weighted by Gasteiger charge is 2.08. The Kier molecular flexibility index (Phi) is 3.12. The summed E-state index contributed by atoms with van der Waals surface area (Å²) in [7, 11) is 0. The fraction of sp³-hybridized carbons (Fsp3) is 0.400. The van der Waals surface area contributed by atoms with E-state index < -0.39 is 0 Å². The summed E-state index contributed by atoms with van der Waals surface area (Å²) >= 11 is 0. The predicted octanol–water partition coefficient (Wildman–Crippen LogP) is 1.99. The Morgan fingerprint density at radius 3 is 2.85 bits per heavy atom. The van der Waals surface area contributed by atoms with Gasteiger partial charge in [-0.05, 0) is 25.0 Å². The van der Waals surface area contributed by atoms with Crippen LogP contribution in [-0.4, -0.2) is 10.8 Å². The number of rotatable bonds is 3. The van der Waals surface area contributed by atoms with Crippen LogP contribution in [-0.2, 0) is 11.2 Å². The maximum absolute atomic E-state index is 12.7. The molecule has 13 heavy (non-hydrogen) atoms. The molecule has 1 heterocycles. The van der Waals surface area contributed by atoms with E-state index in [-0.39, 0.29) is 17.5 Å². The summed E-state index contributed by atoms with van der Waals surface area (Å²) < 4.78 is 12.7. The van der Waals surface area contributed by atoms with Gasteiger partial charge in [0.15, 0.2) is 0 Å². The third-order valence-corrected chi connectivity index (χ3v) is 2.00. The van der Waals surface area contributed by atoms with E-state index in [1.165, 1.54) is 13.0 Å². The highest BCUT2D eigenvalue weighted by Crippen LogP contribution is 2.09. The minimum Gasteiger partial charge on any atom is -0.300 e. The quantitative estimate of drug-likeness (QED) is 0.713. The van der Waals surface area contributed by atoms with E-state index in [0.717, 1.165) is 11.8 Å². The summed E-state index contributed by atoms with van der Waals surface area (Å²) in [6.45, 7) is 3.37. The number of Topliss-reactive ketones (excluding diaryl/α,β-unsaturated/α-hetero) is 1. The first-order valence-corrected chi connectivity index (χ1v) is 4.19. The van der Waals surface area contributed by atoms with Gasteiger partial charge >= 0.3 is 0 Å². The molecule has 1 aromatic heterocycles. The molecule has 1 rings (SSSR count). The lowest BCUT2D eigenvalue weighted by Gasteiger charge is -2.06. The SMILES string of the molecule is CC(=O)C(C)Cc1cncc(F)c1. The van der Waals surface area contributed by atoms with Crippen LogP contribution >= 0.6 is 0 Å². The molecule has 0 aliphatic carbocycles. The number of nitrogens with zero attached hydrogens (tertiary/aromatic N) is 1. The van der Waals surface area contributed by atoms with Crippen LogP contribution in [0.2, 0.25) is 0 Å². The number of carbonyl (C=O) groups excluding carboxylic acids is 1. The van der Waals surface area contributed by atoms with Crippen LogP contribution in [0.5, 0.6) is 0 Å². The number of hydrogen-bond donors (Lipinski definition) is 0. The van der Waals surface area contributed by atoms with Crippen LogP contribution in [0.1, 0.15) is 19.4 Å². The minimum absolute atomic E-state index is 0.0661. The summed E-state index contributed by atoms with van der Waals surface area (Å²) in [5, 5.41) is 0. The Bertz CT molecular complexity index is 312. The van der Waals surface area contributed by atoms with Gasteiger partial charge < -0.3 is 0 Å². The zero-order chi connectivity index (χ0) is 9.84. The first-order chi connectivity index (χ1) is 6.09. The fourth-order valence-electron chi connectivity index (χ4n) is 1.06. The third-order valence-electron chi connectivity index (χ3n) is 2.00. The fourth-order valence-corrected chi connectivity index (χ4v) is 1.06. The second kappa shape index (κ2) is 4.12. The molecule has 3 heteroatoms. The molecule has 2 nitrogen and oxygen atoms in total. The van der Waals surface area contributed by atoms with Crippen molar-refractivity contribution in [3.8, 4) is 0 Å². The summed E-state index contributed by atoms with van der Waals surface area (Å²) in [6.07, 6.45) is 3.30. The van der Waals surface area contributed by atoms with Crippen molar-refractivity contribution < 1.29 is 9.18 Å². The van der Waals surface area contributed by atoms with Crippen molar-refractivity contribution >= 4 is 5.78 Å². The molecule has 0 saturated heterocycles. The Morgan fingerprint density at radius 2 is 2.31 bits per heavy atom. The zero-order valence-corrected chi connectivity index (χ0v) is 7.75. The van der Waals surface area contributed by atoms with Crippen LogP contribution in [0.25, 0.3) is 0 Å². The molecule has 1 unspecified atom stereocenters. The molecule has 0 aromatic carbocycles. The number of carbonyl (C=O) groups is 1. The summed E-state index contributed by atoms with van der Waals surface area (Å²) in [4.78, 5) is 14.6. The van der Waals surface area contributed by atoms with Gasteiger partial charge in [0.2, 0.25) is 0 Å². The zero-order valence-electron chi connectivity index (χ0n) is 7.75. The largest absolute Gasteiger partial charge is 0.300 e. The van der Waals surface area contributed by atoms with Crippen LogP contribution in [0.4, 0.5) is 4.39 Å². The van der Waals surface area contributed by atoms with Gasteiger partial charge in [-0.3, -0.25) is 9.78 Å². The van der Waals surface area contributed by atoms with Gasteiger partial charge in [-0.2, -0.15) is 0 Å². The van der Waals surface area contributed by atoms with Crippen molar-refractivity contribution in [2.24, 2.45) is 5.92 Å². The lowest BCUT2D eigenvalue weighted by atomic mass is 9.99. The molecular weight excluding hydrogens is 169 g/mol. The Hall–Kier alpha value is -1.25. The van der Waals surface area contributed by atoms with Crippen molar-refractivity contribution in [1.29, 1.82) is 0 Å². The lowest BCUT2D eigenvalue weighted by Crippen LogP contribution is -2.09. The Morgan fingerprint density at radius 1 is 1.62 bits per heavy atom. The summed E-state index contributed by atoms with van der Waals surface area (Å²) in [5.41, 5.74) is 0.766. The number of pyridine rings is 1. The molecule has 0 saturated carbocycles. The van der Waals surface area contributed by atoms with Crippen LogP contribution in [0.15, 0.2) is 18.5 Å². The highest BCUT2D eigenvalue weighted by atomic mass is 19.1. The van der Waals surface area contributed by atoms with Crippen LogP contribution in [0, 0.1) is 11.7 Å². The van der Waals surface area contributed by atoms with Gasteiger partial charge in [0.1, 0.15) is 11.6 Å². The average molecular weight is 181 g/mol. The van der Waals surface area contributed by atoms with Crippen molar-refractivity contribution in [1.82, 2.24) is 4.98 Å². The molecule has 0 radical (unpaired) electrons. The van der Waals surface area contributed by atoms with E-state index in [1.807, 2.05) is 6.92 Å². The molecule has 0 spiro atoms. The molecular formula is C10H12FNO. The van der Waals surface area contributed by atoms with Gasteiger partial charge in [-0.25, -0.2) is 4.39 Å². The molecule has 70 valence electrons. The van der Waals surface area contributed by atoms with E-state index in [0.29, 0.717) is 6.42 Å². The summed E-state index contributed by atoms with van der Waals surface area (Å²) in [5.74, 6) is -0.305. The Labute approximate surface area is 76.8 Å². The van der Waals surface area contributed by atoms with E-state index in [2.05, 4.69) is 4.98 Å². The lowest BCUT2D eigenvalue weighted by molar-refractivity contribution is -0.120. The van der Waals surface area contributed by atoms with Crippen molar-refractivity contribution in [2.45, 2.75) is 20.3 Å². The predicted molar refractivity (Wildman–Crippen MR) is 47.7 cm³/mol. The molecule has 0 aliphatic rings. The smallest absolute Gasteiger partial charge is 0.141 e. The first-order valence-electron chi connectivity index (χ1n) is 4.19. The Balaban J connectivity index is 2.69. The second-order valence-corrected chi connectivity index (χ2v) is 3.23. The molecule has 0 fully saturated rings. The monoisotopic (exact) mass is 181 g/mol. The van der Waals surface area contributed by atoms with Gasteiger partial charge in [0, 0.05) is 12.1 Å². The highest BCUT2D eigenvalue weighted by molar-refractivity contribution is 5.78. The topological polar surface area (TPSA) is 30.0 Å². The maximum atomic E-state index is 12.7. The molecule has 1 aromatic rings. The van der Waals surface area contributed by atoms with E-state index in [4.69, 9.17) is 0 Å². The number of aromatic nitrogens is 1. The first kappa shape index (κ1) is 9.84. The van der Waals surface area contributed by atoms with Gasteiger partial charge in [0.05, 0.1) is 6.20 Å². The standard InChI is InChI=1S/C10H12FNO/c1-7(8(2)13)3-9-4-10(11)6-12-5-9/h4-7H,3H2,1-2H3. The average Bonchev–Trinajstić information content (AvgIpc) is 2.04. The molecule has 0 aliphatic heterocycles. The van der Waals surface area contributed by atoms with Gasteiger partial charge in [-0.1, -0.05) is 6.92 Å². The maximum Gasteiger partial charge on any atom is 0.141 e. The van der Waals surface area contributed by atoms with Gasteiger partial charge in [-0.15, -0.1) is 0 Å². The second-order valence-electron chi connectivity index (χ2n) is 3.23. The number of hydrogen-bond acceptors (Lipinski definition) is 2. The van der Waals surface area contributed by atoms with E-state index in [1.54, 1.807) is 6.20 Å². The number of halogens is 1. The molecule has 1 atom stereocenters.